The van der Waals surface area contributed by atoms with Crippen molar-refractivity contribution >= 4 is 16.7 Å². The molecule has 0 aliphatic rings. The number of unbranched alkanes of at least 4 members (excludes halogenated alkanes) is 1. The van der Waals surface area contributed by atoms with Crippen LogP contribution in [0, 0.1) is 0 Å². The van der Waals surface area contributed by atoms with Gasteiger partial charge in [-0.2, -0.15) is 0 Å². The summed E-state index contributed by atoms with van der Waals surface area (Å²) in [6.45, 7) is 5.29. The number of nitrogens with one attached hydrogen (secondary N) is 1. The molecular weight excluding hydrogens is 234 g/mol. The Bertz CT molecular complexity index is 351. The molecule has 0 radical (unpaired) electrons. The number of anilines is 1. The van der Waals surface area contributed by atoms with Gasteiger partial charge in [0, 0.05) is 47.8 Å². The summed E-state index contributed by atoms with van der Waals surface area (Å²) >= 11 is 0. The molecule has 0 bridgehead atoms. The third-order valence-corrected chi connectivity index (χ3v) is 3.49. The molecule has 0 aromatic carbocycles. The van der Waals surface area contributed by atoms with Gasteiger partial charge in [0.2, 0.25) is 5.95 Å². The normalized spacial score (nSPS) is 14.5. The highest BCUT2D eigenvalue weighted by atomic mass is 32.2. The predicted octanol–water partition coefficient (Wildman–Crippen LogP) is 2.25. The van der Waals surface area contributed by atoms with Gasteiger partial charge in [-0.1, -0.05) is 13.3 Å². The van der Waals surface area contributed by atoms with Crippen molar-refractivity contribution in [3.63, 3.8) is 0 Å². The van der Waals surface area contributed by atoms with E-state index in [1.807, 2.05) is 12.4 Å². The summed E-state index contributed by atoms with van der Waals surface area (Å²) in [5.74, 6) is 1.66. The largest absolute Gasteiger partial charge is 0.353 e. The number of hydrogen-bond donors (Lipinski definition) is 1. The second-order valence-corrected chi connectivity index (χ2v) is 5.96. The van der Waals surface area contributed by atoms with E-state index in [0.717, 1.165) is 24.7 Å². The van der Waals surface area contributed by atoms with Gasteiger partial charge >= 0.3 is 0 Å². The van der Waals surface area contributed by atoms with Crippen molar-refractivity contribution in [2.75, 3.05) is 17.3 Å². The van der Waals surface area contributed by atoms with E-state index in [1.54, 1.807) is 6.26 Å². The molecule has 1 aromatic rings. The van der Waals surface area contributed by atoms with Gasteiger partial charge in [0.15, 0.2) is 0 Å². The van der Waals surface area contributed by atoms with Crippen LogP contribution < -0.4 is 5.32 Å². The number of imidazole rings is 1. The van der Waals surface area contributed by atoms with Gasteiger partial charge in [-0.25, -0.2) is 4.98 Å². The minimum Gasteiger partial charge on any atom is -0.353 e. The van der Waals surface area contributed by atoms with Gasteiger partial charge in [0.05, 0.1) is 0 Å². The first-order valence-corrected chi connectivity index (χ1v) is 7.94. The molecule has 1 rings (SSSR count). The summed E-state index contributed by atoms with van der Waals surface area (Å²) in [5.41, 5.74) is 0. The van der Waals surface area contributed by atoms with Crippen molar-refractivity contribution < 1.29 is 4.21 Å². The first-order valence-electron chi connectivity index (χ1n) is 6.21. The van der Waals surface area contributed by atoms with Gasteiger partial charge in [0.25, 0.3) is 0 Å². The molecule has 0 fully saturated rings. The zero-order valence-electron chi connectivity index (χ0n) is 11.0. The Morgan fingerprint density at radius 2 is 2.35 bits per heavy atom. The summed E-state index contributed by atoms with van der Waals surface area (Å²) in [6.07, 6.45) is 8.82. The molecule has 17 heavy (non-hydrogen) atoms. The van der Waals surface area contributed by atoms with E-state index in [2.05, 4.69) is 28.7 Å². The van der Waals surface area contributed by atoms with E-state index in [-0.39, 0.29) is 0 Å². The second kappa shape index (κ2) is 7.48. The Labute approximate surface area is 106 Å². The van der Waals surface area contributed by atoms with Gasteiger partial charge < -0.3 is 9.88 Å². The highest BCUT2D eigenvalue weighted by molar-refractivity contribution is 7.84. The second-order valence-electron chi connectivity index (χ2n) is 4.41. The minimum absolute atomic E-state index is 0.307. The summed E-state index contributed by atoms with van der Waals surface area (Å²) in [5, 5.41) is 3.37. The van der Waals surface area contributed by atoms with Crippen molar-refractivity contribution in [1.29, 1.82) is 0 Å². The fourth-order valence-electron chi connectivity index (χ4n) is 1.59. The molecule has 2 atom stereocenters. The van der Waals surface area contributed by atoms with Crippen LogP contribution in [0.2, 0.25) is 0 Å². The lowest BCUT2D eigenvalue weighted by Gasteiger charge is -2.15. The monoisotopic (exact) mass is 257 g/mol. The molecule has 4 nitrogen and oxygen atoms in total. The third kappa shape index (κ3) is 5.35. The number of aryl methyl sites for hydroxylation is 1. The average molecular weight is 257 g/mol. The lowest BCUT2D eigenvalue weighted by molar-refractivity contribution is 0.626. The molecule has 0 spiro atoms. The van der Waals surface area contributed by atoms with E-state index in [0.29, 0.717) is 6.04 Å². The predicted molar refractivity (Wildman–Crippen MR) is 73.8 cm³/mol. The van der Waals surface area contributed by atoms with Crippen LogP contribution in [-0.4, -0.2) is 31.8 Å². The lowest BCUT2D eigenvalue weighted by atomic mass is 10.3. The first kappa shape index (κ1) is 14.2. The summed E-state index contributed by atoms with van der Waals surface area (Å²) < 4.78 is 13.2. The standard InChI is InChI=1S/C12H23N3OS/c1-4-5-8-15-9-7-13-12(15)14-11(2)6-10-17(3)16/h7,9,11H,4-6,8,10H2,1-3H3,(H,13,14). The van der Waals surface area contributed by atoms with E-state index in [4.69, 9.17) is 0 Å². The van der Waals surface area contributed by atoms with Crippen molar-refractivity contribution in [3.8, 4) is 0 Å². The molecule has 1 N–H and O–H groups in total. The molecule has 1 aromatic heterocycles. The van der Waals surface area contributed by atoms with Crippen LogP contribution >= 0.6 is 0 Å². The van der Waals surface area contributed by atoms with E-state index in [9.17, 15) is 4.21 Å². The maximum atomic E-state index is 11.0. The van der Waals surface area contributed by atoms with Crippen molar-refractivity contribution in [2.24, 2.45) is 0 Å². The Hall–Kier alpha value is -0.840. The SMILES string of the molecule is CCCCn1ccnc1NC(C)CCS(C)=O. The Kier molecular flexibility index (Phi) is 6.26. The minimum atomic E-state index is -0.712. The highest BCUT2D eigenvalue weighted by Crippen LogP contribution is 2.09. The van der Waals surface area contributed by atoms with Gasteiger partial charge in [-0.05, 0) is 19.8 Å². The Balaban J connectivity index is 2.44. The number of hydrogen-bond acceptors (Lipinski definition) is 3. The summed E-state index contributed by atoms with van der Waals surface area (Å²) in [4.78, 5) is 4.31. The van der Waals surface area contributed by atoms with Crippen LogP contribution in [0.1, 0.15) is 33.1 Å². The summed E-state index contributed by atoms with van der Waals surface area (Å²) in [7, 11) is -0.712. The summed E-state index contributed by atoms with van der Waals surface area (Å²) in [6, 6.07) is 0.307. The fraction of sp³-hybridized carbons (Fsp3) is 0.750. The average Bonchev–Trinajstić information content (AvgIpc) is 2.71. The number of rotatable bonds is 8. The van der Waals surface area contributed by atoms with Crippen LogP contribution in [0.4, 0.5) is 5.95 Å². The van der Waals surface area contributed by atoms with E-state index in [1.165, 1.54) is 12.8 Å². The van der Waals surface area contributed by atoms with Crippen LogP contribution in [-0.2, 0) is 17.3 Å². The van der Waals surface area contributed by atoms with Crippen molar-refractivity contribution in [2.45, 2.75) is 45.7 Å². The molecule has 1 heterocycles. The molecular formula is C12H23N3OS. The third-order valence-electron chi connectivity index (χ3n) is 2.68. The Morgan fingerprint density at radius 3 is 3.00 bits per heavy atom. The van der Waals surface area contributed by atoms with Gasteiger partial charge in [-0.15, -0.1) is 0 Å². The topological polar surface area (TPSA) is 46.9 Å². The van der Waals surface area contributed by atoms with Crippen LogP contribution in [0.25, 0.3) is 0 Å². The van der Waals surface area contributed by atoms with E-state index < -0.39 is 10.8 Å². The van der Waals surface area contributed by atoms with Gasteiger partial charge in [-0.3, -0.25) is 4.21 Å². The van der Waals surface area contributed by atoms with Crippen LogP contribution in [0.15, 0.2) is 12.4 Å². The molecule has 0 aliphatic carbocycles. The Morgan fingerprint density at radius 1 is 1.59 bits per heavy atom. The highest BCUT2D eigenvalue weighted by Gasteiger charge is 2.07. The first-order chi connectivity index (χ1) is 8.13. The number of aromatic nitrogens is 2. The maximum Gasteiger partial charge on any atom is 0.202 e. The zero-order chi connectivity index (χ0) is 12.7. The fourth-order valence-corrected chi connectivity index (χ4v) is 2.28. The van der Waals surface area contributed by atoms with E-state index >= 15 is 0 Å². The van der Waals surface area contributed by atoms with Gasteiger partial charge in [0.1, 0.15) is 0 Å². The molecule has 0 amide bonds. The molecule has 0 saturated heterocycles. The molecule has 0 saturated carbocycles. The van der Waals surface area contributed by atoms with Crippen molar-refractivity contribution in [1.82, 2.24) is 9.55 Å². The molecule has 5 heteroatoms. The smallest absolute Gasteiger partial charge is 0.202 e. The van der Waals surface area contributed by atoms with Crippen LogP contribution in [0.5, 0.6) is 0 Å². The maximum absolute atomic E-state index is 11.0. The number of nitrogens with zero attached hydrogens (tertiary/aromatic N) is 2. The van der Waals surface area contributed by atoms with Crippen LogP contribution in [0.3, 0.4) is 0 Å². The molecule has 98 valence electrons. The quantitative estimate of drug-likeness (QED) is 0.777. The molecule has 2 unspecified atom stereocenters. The lowest BCUT2D eigenvalue weighted by Crippen LogP contribution is -2.20. The zero-order valence-corrected chi connectivity index (χ0v) is 11.8. The molecule has 0 aliphatic heterocycles. The van der Waals surface area contributed by atoms with Crippen molar-refractivity contribution in [3.05, 3.63) is 12.4 Å².